The second-order valence-electron chi connectivity index (χ2n) is 2.03. The van der Waals surface area contributed by atoms with E-state index in [-0.39, 0.29) is 6.42 Å². The SMILES string of the molecule is O=C(O)CCn1ccnc1Cl. The highest BCUT2D eigenvalue weighted by Crippen LogP contribution is 2.04. The van der Waals surface area contributed by atoms with Crippen LogP contribution in [0.2, 0.25) is 5.28 Å². The zero-order valence-corrected chi connectivity index (χ0v) is 6.45. The van der Waals surface area contributed by atoms with E-state index in [1.807, 2.05) is 0 Å². The number of rotatable bonds is 3. The maximum Gasteiger partial charge on any atom is 0.305 e. The number of imidazole rings is 1. The zero-order chi connectivity index (χ0) is 8.27. The van der Waals surface area contributed by atoms with Crippen LogP contribution < -0.4 is 0 Å². The van der Waals surface area contributed by atoms with Crippen LogP contribution in [-0.2, 0) is 11.3 Å². The van der Waals surface area contributed by atoms with Gasteiger partial charge in [-0.25, -0.2) is 4.98 Å². The maximum atomic E-state index is 10.1. The van der Waals surface area contributed by atoms with Gasteiger partial charge in [-0.05, 0) is 11.6 Å². The molecule has 0 aliphatic rings. The highest BCUT2D eigenvalue weighted by Gasteiger charge is 2.00. The lowest BCUT2D eigenvalue weighted by atomic mass is 10.4. The fourth-order valence-electron chi connectivity index (χ4n) is 0.694. The van der Waals surface area contributed by atoms with Gasteiger partial charge in [-0.2, -0.15) is 0 Å². The molecule has 1 rings (SSSR count). The Morgan fingerprint density at radius 2 is 2.55 bits per heavy atom. The van der Waals surface area contributed by atoms with E-state index in [0.717, 1.165) is 0 Å². The van der Waals surface area contributed by atoms with E-state index < -0.39 is 5.97 Å². The summed E-state index contributed by atoms with van der Waals surface area (Å²) in [6.07, 6.45) is 3.24. The van der Waals surface area contributed by atoms with Crippen LogP contribution in [0.15, 0.2) is 12.4 Å². The molecule has 0 amide bonds. The van der Waals surface area contributed by atoms with E-state index in [9.17, 15) is 4.79 Å². The van der Waals surface area contributed by atoms with Crippen molar-refractivity contribution in [3.8, 4) is 0 Å². The third-order valence-electron chi connectivity index (χ3n) is 1.23. The van der Waals surface area contributed by atoms with Crippen molar-refractivity contribution in [1.82, 2.24) is 9.55 Å². The molecule has 0 fully saturated rings. The summed E-state index contributed by atoms with van der Waals surface area (Å²) >= 11 is 5.58. The molecule has 1 aromatic heterocycles. The van der Waals surface area contributed by atoms with E-state index in [0.29, 0.717) is 11.8 Å². The molecule has 0 spiro atoms. The predicted octanol–water partition coefficient (Wildman–Crippen LogP) is 1.01. The first-order chi connectivity index (χ1) is 5.20. The van der Waals surface area contributed by atoms with Gasteiger partial charge in [0.1, 0.15) is 0 Å². The smallest absolute Gasteiger partial charge is 0.305 e. The number of hydrogen-bond acceptors (Lipinski definition) is 2. The Kier molecular flexibility index (Phi) is 2.48. The van der Waals surface area contributed by atoms with Crippen molar-refractivity contribution in [2.75, 3.05) is 0 Å². The van der Waals surface area contributed by atoms with Crippen molar-refractivity contribution in [2.45, 2.75) is 13.0 Å². The lowest BCUT2D eigenvalue weighted by Gasteiger charge is -1.98. The summed E-state index contributed by atoms with van der Waals surface area (Å²) in [5.74, 6) is -0.838. The standard InChI is InChI=1S/C6H7ClN2O2/c7-6-8-2-4-9(6)3-1-5(10)11/h2,4H,1,3H2,(H,10,11). The molecule has 60 valence electrons. The Hall–Kier alpha value is -1.03. The fourth-order valence-corrected chi connectivity index (χ4v) is 0.891. The second-order valence-corrected chi connectivity index (χ2v) is 2.37. The Morgan fingerprint density at radius 3 is 3.00 bits per heavy atom. The van der Waals surface area contributed by atoms with Gasteiger partial charge in [0.25, 0.3) is 0 Å². The van der Waals surface area contributed by atoms with Crippen LogP contribution in [0.4, 0.5) is 0 Å². The van der Waals surface area contributed by atoms with Gasteiger partial charge in [0.2, 0.25) is 5.28 Å². The van der Waals surface area contributed by atoms with Crippen LogP contribution >= 0.6 is 11.6 Å². The molecular formula is C6H7ClN2O2. The average molecular weight is 175 g/mol. The summed E-state index contributed by atoms with van der Waals surface area (Å²) in [5.41, 5.74) is 0. The molecule has 5 heteroatoms. The molecule has 0 aliphatic heterocycles. The summed E-state index contributed by atoms with van der Waals surface area (Å²) in [7, 11) is 0. The average Bonchev–Trinajstić information content (AvgIpc) is 2.31. The Bertz CT molecular complexity index is 259. The zero-order valence-electron chi connectivity index (χ0n) is 5.70. The third-order valence-corrected chi connectivity index (χ3v) is 1.55. The van der Waals surface area contributed by atoms with Crippen LogP contribution in [0.5, 0.6) is 0 Å². The highest BCUT2D eigenvalue weighted by molar-refractivity contribution is 6.28. The van der Waals surface area contributed by atoms with Crippen molar-refractivity contribution in [3.05, 3.63) is 17.7 Å². The number of hydrogen-bond donors (Lipinski definition) is 1. The number of carboxylic acids is 1. The molecule has 0 saturated heterocycles. The number of carbonyl (C=O) groups is 1. The number of aliphatic carboxylic acids is 1. The molecule has 0 radical (unpaired) electrons. The molecule has 0 saturated carbocycles. The number of aromatic nitrogens is 2. The van der Waals surface area contributed by atoms with Crippen LogP contribution in [-0.4, -0.2) is 20.6 Å². The highest BCUT2D eigenvalue weighted by atomic mass is 35.5. The first kappa shape index (κ1) is 8.07. The third kappa shape index (κ3) is 2.23. The van der Waals surface area contributed by atoms with Crippen LogP contribution in [0, 0.1) is 0 Å². The first-order valence-corrected chi connectivity index (χ1v) is 3.46. The van der Waals surface area contributed by atoms with Crippen LogP contribution in [0.3, 0.4) is 0 Å². The van der Waals surface area contributed by atoms with E-state index in [1.165, 1.54) is 6.20 Å². The van der Waals surface area contributed by atoms with Crippen molar-refractivity contribution in [1.29, 1.82) is 0 Å². The van der Waals surface area contributed by atoms with Crippen LogP contribution in [0.25, 0.3) is 0 Å². The van der Waals surface area contributed by atoms with Gasteiger partial charge in [-0.1, -0.05) is 0 Å². The Labute approximate surface area is 68.4 Å². The predicted molar refractivity (Wildman–Crippen MR) is 39.5 cm³/mol. The summed E-state index contributed by atoms with van der Waals surface area (Å²) in [4.78, 5) is 13.9. The molecule has 0 aromatic carbocycles. The molecule has 4 nitrogen and oxygen atoms in total. The molecule has 0 atom stereocenters. The Balaban J connectivity index is 2.51. The molecule has 1 heterocycles. The van der Waals surface area contributed by atoms with Gasteiger partial charge >= 0.3 is 5.97 Å². The number of aryl methyl sites for hydroxylation is 1. The van der Waals surface area contributed by atoms with E-state index in [1.54, 1.807) is 10.8 Å². The summed E-state index contributed by atoms with van der Waals surface area (Å²) in [5, 5.41) is 8.65. The quantitative estimate of drug-likeness (QED) is 0.744. The van der Waals surface area contributed by atoms with Gasteiger partial charge in [-0.15, -0.1) is 0 Å². The number of halogens is 1. The van der Waals surface area contributed by atoms with Crippen molar-refractivity contribution < 1.29 is 9.90 Å². The maximum absolute atomic E-state index is 10.1. The monoisotopic (exact) mass is 174 g/mol. The lowest BCUT2D eigenvalue weighted by molar-refractivity contribution is -0.137. The van der Waals surface area contributed by atoms with Gasteiger partial charge in [0, 0.05) is 18.9 Å². The minimum Gasteiger partial charge on any atom is -0.481 e. The molecule has 0 aliphatic carbocycles. The minimum atomic E-state index is -0.838. The molecule has 0 unspecified atom stereocenters. The largest absolute Gasteiger partial charge is 0.481 e. The van der Waals surface area contributed by atoms with E-state index >= 15 is 0 Å². The molecule has 0 bridgehead atoms. The molecular weight excluding hydrogens is 168 g/mol. The van der Waals surface area contributed by atoms with Crippen LogP contribution in [0.1, 0.15) is 6.42 Å². The van der Waals surface area contributed by atoms with Crippen molar-refractivity contribution in [2.24, 2.45) is 0 Å². The summed E-state index contributed by atoms with van der Waals surface area (Å²) in [6.45, 7) is 0.369. The summed E-state index contributed by atoms with van der Waals surface area (Å²) < 4.78 is 1.58. The number of carboxylic acid groups (broad SMARTS) is 1. The lowest BCUT2D eigenvalue weighted by Crippen LogP contribution is -2.03. The van der Waals surface area contributed by atoms with E-state index in [4.69, 9.17) is 16.7 Å². The summed E-state index contributed by atoms with van der Waals surface area (Å²) in [6, 6.07) is 0. The van der Waals surface area contributed by atoms with Gasteiger partial charge in [0.15, 0.2) is 0 Å². The second kappa shape index (κ2) is 3.39. The van der Waals surface area contributed by atoms with Gasteiger partial charge < -0.3 is 9.67 Å². The van der Waals surface area contributed by atoms with Crippen molar-refractivity contribution in [3.63, 3.8) is 0 Å². The molecule has 1 N–H and O–H groups in total. The van der Waals surface area contributed by atoms with Gasteiger partial charge in [-0.3, -0.25) is 4.79 Å². The first-order valence-electron chi connectivity index (χ1n) is 3.08. The topological polar surface area (TPSA) is 55.1 Å². The number of nitrogens with zero attached hydrogens (tertiary/aromatic N) is 2. The Morgan fingerprint density at radius 1 is 1.82 bits per heavy atom. The van der Waals surface area contributed by atoms with E-state index in [2.05, 4.69) is 4.98 Å². The minimum absolute atomic E-state index is 0.0656. The molecule has 1 aromatic rings. The normalized spacial score (nSPS) is 9.91. The fraction of sp³-hybridized carbons (Fsp3) is 0.333. The molecule has 11 heavy (non-hydrogen) atoms. The van der Waals surface area contributed by atoms with Gasteiger partial charge in [0.05, 0.1) is 6.42 Å². The van der Waals surface area contributed by atoms with Crippen molar-refractivity contribution >= 4 is 17.6 Å².